The predicted octanol–water partition coefficient (Wildman–Crippen LogP) is 4.62. The van der Waals surface area contributed by atoms with Crippen LogP contribution in [0.4, 0.5) is 0 Å². The molecule has 0 saturated carbocycles. The van der Waals surface area contributed by atoms with E-state index in [1.165, 1.54) is 15.9 Å². The molecule has 0 saturated heterocycles. The SMILES string of the molecule is CCOC(=O)C(C)(C)n1c(Cc2cccc(Cl)c2)nc2sc(C)c(C)c2c1=O. The highest BCUT2D eigenvalue weighted by Crippen LogP contribution is 2.29. The number of aromatic nitrogens is 2. The van der Waals surface area contributed by atoms with Crippen LogP contribution < -0.4 is 5.56 Å². The zero-order valence-corrected chi connectivity index (χ0v) is 18.2. The van der Waals surface area contributed by atoms with Crippen molar-refractivity contribution in [3.63, 3.8) is 0 Å². The van der Waals surface area contributed by atoms with Gasteiger partial charge in [0.2, 0.25) is 0 Å². The second-order valence-electron chi connectivity index (χ2n) is 7.22. The number of fused-ring (bicyclic) bond motifs is 1. The maximum atomic E-state index is 13.5. The van der Waals surface area contributed by atoms with Crippen LogP contribution in [-0.4, -0.2) is 22.1 Å². The minimum Gasteiger partial charge on any atom is -0.464 e. The Labute approximate surface area is 172 Å². The highest BCUT2D eigenvalue weighted by atomic mass is 35.5. The largest absolute Gasteiger partial charge is 0.464 e. The fourth-order valence-electron chi connectivity index (χ4n) is 3.26. The van der Waals surface area contributed by atoms with Crippen LogP contribution >= 0.6 is 22.9 Å². The molecule has 3 rings (SSSR count). The summed E-state index contributed by atoms with van der Waals surface area (Å²) < 4.78 is 6.72. The van der Waals surface area contributed by atoms with E-state index in [2.05, 4.69) is 0 Å². The lowest BCUT2D eigenvalue weighted by atomic mass is 10.0. The first-order chi connectivity index (χ1) is 13.2. The first-order valence-electron chi connectivity index (χ1n) is 9.10. The van der Waals surface area contributed by atoms with Crippen molar-refractivity contribution in [2.75, 3.05) is 6.61 Å². The Morgan fingerprint density at radius 1 is 1.32 bits per heavy atom. The van der Waals surface area contributed by atoms with Crippen molar-refractivity contribution < 1.29 is 9.53 Å². The molecule has 148 valence electrons. The summed E-state index contributed by atoms with van der Waals surface area (Å²) in [6.45, 7) is 9.25. The molecule has 0 unspecified atom stereocenters. The molecule has 0 radical (unpaired) electrons. The van der Waals surface area contributed by atoms with Gasteiger partial charge in [0.05, 0.1) is 12.0 Å². The number of rotatable bonds is 5. The number of ether oxygens (including phenoxy) is 1. The van der Waals surface area contributed by atoms with Crippen LogP contribution in [0.5, 0.6) is 0 Å². The highest BCUT2D eigenvalue weighted by molar-refractivity contribution is 7.18. The fraction of sp³-hybridized carbons (Fsp3) is 0.381. The minimum absolute atomic E-state index is 0.220. The van der Waals surface area contributed by atoms with Crippen molar-refractivity contribution in [3.05, 3.63) is 61.5 Å². The standard InChI is InChI=1S/C21H23ClN2O3S/c1-6-27-20(26)21(4,5)24-16(11-14-8-7-9-15(22)10-14)23-18-17(19(24)25)12(2)13(3)28-18/h7-10H,6,11H2,1-5H3. The monoisotopic (exact) mass is 418 g/mol. The number of thiophene rings is 1. The molecule has 3 aromatic rings. The third-order valence-corrected chi connectivity index (χ3v) is 6.19. The Bertz CT molecular complexity index is 1110. The highest BCUT2D eigenvalue weighted by Gasteiger charge is 2.35. The Hall–Kier alpha value is -2.18. The van der Waals surface area contributed by atoms with Crippen LogP contribution in [0.1, 0.15) is 42.6 Å². The van der Waals surface area contributed by atoms with E-state index in [0.29, 0.717) is 27.5 Å². The number of halogens is 1. The molecule has 0 amide bonds. The van der Waals surface area contributed by atoms with Gasteiger partial charge in [-0.3, -0.25) is 9.36 Å². The summed E-state index contributed by atoms with van der Waals surface area (Å²) >= 11 is 7.61. The number of carbonyl (C=O) groups is 1. The number of aryl methyl sites for hydroxylation is 2. The Balaban J connectivity index is 2.29. The maximum absolute atomic E-state index is 13.5. The summed E-state index contributed by atoms with van der Waals surface area (Å²) in [4.78, 5) is 32.7. The van der Waals surface area contributed by atoms with E-state index in [4.69, 9.17) is 21.3 Å². The van der Waals surface area contributed by atoms with E-state index >= 15 is 0 Å². The summed E-state index contributed by atoms with van der Waals surface area (Å²) in [7, 11) is 0. The van der Waals surface area contributed by atoms with Crippen molar-refractivity contribution >= 4 is 39.1 Å². The van der Waals surface area contributed by atoms with Crippen LogP contribution in [0.25, 0.3) is 10.2 Å². The van der Waals surface area contributed by atoms with Gasteiger partial charge in [0.15, 0.2) is 0 Å². The van der Waals surface area contributed by atoms with Gasteiger partial charge in [-0.25, -0.2) is 9.78 Å². The van der Waals surface area contributed by atoms with Crippen LogP contribution in [0.15, 0.2) is 29.1 Å². The topological polar surface area (TPSA) is 61.2 Å². The van der Waals surface area contributed by atoms with Gasteiger partial charge < -0.3 is 4.74 Å². The molecule has 0 N–H and O–H groups in total. The maximum Gasteiger partial charge on any atom is 0.331 e. The number of nitrogens with zero attached hydrogens (tertiary/aromatic N) is 2. The van der Waals surface area contributed by atoms with Crippen molar-refractivity contribution in [1.82, 2.24) is 9.55 Å². The Kier molecular flexibility index (Phi) is 5.64. The second kappa shape index (κ2) is 7.68. The predicted molar refractivity (Wildman–Crippen MR) is 114 cm³/mol. The molecule has 0 fully saturated rings. The molecule has 28 heavy (non-hydrogen) atoms. The van der Waals surface area contributed by atoms with Crippen molar-refractivity contribution in [3.8, 4) is 0 Å². The van der Waals surface area contributed by atoms with Gasteiger partial charge in [-0.15, -0.1) is 11.3 Å². The summed E-state index contributed by atoms with van der Waals surface area (Å²) in [5.41, 5.74) is 0.407. The first kappa shape index (κ1) is 20.6. The van der Waals surface area contributed by atoms with Gasteiger partial charge >= 0.3 is 5.97 Å². The molecule has 7 heteroatoms. The molecular formula is C21H23ClN2O3S. The van der Waals surface area contributed by atoms with Crippen LogP contribution in [0.2, 0.25) is 5.02 Å². The number of esters is 1. The molecule has 0 bridgehead atoms. The Morgan fingerprint density at radius 3 is 2.68 bits per heavy atom. The Morgan fingerprint density at radius 2 is 2.04 bits per heavy atom. The van der Waals surface area contributed by atoms with Crippen LogP contribution in [0.3, 0.4) is 0 Å². The molecule has 0 aliphatic rings. The van der Waals surface area contributed by atoms with Gasteiger partial charge in [0, 0.05) is 16.3 Å². The summed E-state index contributed by atoms with van der Waals surface area (Å²) in [5, 5.41) is 1.18. The molecule has 0 aliphatic heterocycles. The lowest BCUT2D eigenvalue weighted by Crippen LogP contribution is -2.46. The summed E-state index contributed by atoms with van der Waals surface area (Å²) in [5.74, 6) is 0.0502. The van der Waals surface area contributed by atoms with E-state index in [0.717, 1.165) is 16.0 Å². The lowest BCUT2D eigenvalue weighted by Gasteiger charge is -2.27. The average molecular weight is 419 g/mol. The van der Waals surface area contributed by atoms with Crippen LogP contribution in [0, 0.1) is 13.8 Å². The van der Waals surface area contributed by atoms with Crippen LogP contribution in [-0.2, 0) is 21.5 Å². The minimum atomic E-state index is -1.19. The molecular weight excluding hydrogens is 396 g/mol. The lowest BCUT2D eigenvalue weighted by molar-refractivity contribution is -0.152. The average Bonchev–Trinajstić information content (AvgIpc) is 2.89. The smallest absolute Gasteiger partial charge is 0.331 e. The number of carbonyl (C=O) groups excluding carboxylic acids is 1. The molecule has 5 nitrogen and oxygen atoms in total. The molecule has 0 atom stereocenters. The third-order valence-electron chi connectivity index (χ3n) is 4.86. The number of hydrogen-bond acceptors (Lipinski definition) is 5. The zero-order chi connectivity index (χ0) is 20.6. The third kappa shape index (κ3) is 3.59. The second-order valence-corrected chi connectivity index (χ2v) is 8.86. The molecule has 1 aromatic carbocycles. The van der Waals surface area contributed by atoms with Crippen molar-refractivity contribution in [1.29, 1.82) is 0 Å². The van der Waals surface area contributed by atoms with E-state index in [1.54, 1.807) is 26.8 Å². The van der Waals surface area contributed by atoms with E-state index in [1.807, 2.05) is 32.0 Å². The van der Waals surface area contributed by atoms with Crippen molar-refractivity contribution in [2.45, 2.75) is 46.6 Å². The summed E-state index contributed by atoms with van der Waals surface area (Å²) in [6.07, 6.45) is 0.380. The van der Waals surface area contributed by atoms with Gasteiger partial charge in [-0.1, -0.05) is 23.7 Å². The quantitative estimate of drug-likeness (QED) is 0.567. The van der Waals surface area contributed by atoms with Gasteiger partial charge in [0.1, 0.15) is 16.2 Å². The zero-order valence-electron chi connectivity index (χ0n) is 16.6. The van der Waals surface area contributed by atoms with Gasteiger partial charge in [-0.2, -0.15) is 0 Å². The van der Waals surface area contributed by atoms with Gasteiger partial charge in [-0.05, 0) is 57.9 Å². The number of benzene rings is 1. The molecule has 0 aliphatic carbocycles. The van der Waals surface area contributed by atoms with Crippen molar-refractivity contribution in [2.24, 2.45) is 0 Å². The molecule has 0 spiro atoms. The summed E-state index contributed by atoms with van der Waals surface area (Å²) in [6, 6.07) is 7.41. The first-order valence-corrected chi connectivity index (χ1v) is 10.3. The number of hydrogen-bond donors (Lipinski definition) is 0. The van der Waals surface area contributed by atoms with Gasteiger partial charge in [0.25, 0.3) is 5.56 Å². The van der Waals surface area contributed by atoms with E-state index in [-0.39, 0.29) is 12.2 Å². The van der Waals surface area contributed by atoms with E-state index < -0.39 is 11.5 Å². The van der Waals surface area contributed by atoms with E-state index in [9.17, 15) is 9.59 Å². The molecule has 2 heterocycles. The molecule has 2 aromatic heterocycles. The normalized spacial score (nSPS) is 11.8. The fourth-order valence-corrected chi connectivity index (χ4v) is 4.51.